The first-order valence-corrected chi connectivity index (χ1v) is 9.11. The van der Waals surface area contributed by atoms with Crippen LogP contribution in [0.15, 0.2) is 45.6 Å². The number of nitrogens with one attached hydrogen (secondary N) is 1. The van der Waals surface area contributed by atoms with Gasteiger partial charge in [-0.25, -0.2) is 4.79 Å². The molecule has 0 aliphatic heterocycles. The Morgan fingerprint density at radius 1 is 1.15 bits per heavy atom. The lowest BCUT2D eigenvalue weighted by Gasteiger charge is -2.42. The summed E-state index contributed by atoms with van der Waals surface area (Å²) in [7, 11) is 0. The highest BCUT2D eigenvalue weighted by atomic mass is 16.4. The van der Waals surface area contributed by atoms with Crippen molar-refractivity contribution >= 4 is 12.0 Å². The predicted molar refractivity (Wildman–Crippen MR) is 96.9 cm³/mol. The highest BCUT2D eigenvalue weighted by molar-refractivity contribution is 5.74. The first-order valence-electron chi connectivity index (χ1n) is 9.11. The lowest BCUT2D eigenvalue weighted by molar-refractivity contribution is -0.139. The second-order valence-electron chi connectivity index (χ2n) is 6.74. The van der Waals surface area contributed by atoms with E-state index < -0.39 is 5.97 Å². The SMILES string of the molecule is CCN(CC(=O)O)C1CC(NC(=O)N(Cc2ccco2)Cc2ccco2)C1. The molecule has 27 heavy (non-hydrogen) atoms. The van der Waals surface area contributed by atoms with Crippen molar-refractivity contribution in [3.63, 3.8) is 0 Å². The minimum Gasteiger partial charge on any atom is -0.480 e. The fourth-order valence-corrected chi connectivity index (χ4v) is 3.32. The maximum absolute atomic E-state index is 12.7. The molecule has 1 saturated carbocycles. The summed E-state index contributed by atoms with van der Waals surface area (Å²) in [6, 6.07) is 7.28. The maximum atomic E-state index is 12.7. The molecule has 3 rings (SSSR count). The van der Waals surface area contributed by atoms with Crippen molar-refractivity contribution in [1.29, 1.82) is 0 Å². The van der Waals surface area contributed by atoms with E-state index in [1.165, 1.54) is 0 Å². The highest BCUT2D eigenvalue weighted by Crippen LogP contribution is 2.26. The Bertz CT molecular complexity index is 686. The van der Waals surface area contributed by atoms with E-state index in [0.717, 1.165) is 12.8 Å². The Labute approximate surface area is 157 Å². The van der Waals surface area contributed by atoms with Gasteiger partial charge in [-0.1, -0.05) is 6.92 Å². The van der Waals surface area contributed by atoms with Crippen molar-refractivity contribution in [2.45, 2.75) is 44.9 Å². The van der Waals surface area contributed by atoms with Crippen LogP contribution in [-0.2, 0) is 17.9 Å². The van der Waals surface area contributed by atoms with Gasteiger partial charge >= 0.3 is 12.0 Å². The summed E-state index contributed by atoms with van der Waals surface area (Å²) in [5.41, 5.74) is 0. The standard InChI is InChI=1S/C19H25N3O5/c1-2-21(13-18(23)24)15-9-14(10-15)20-19(25)22(11-16-5-3-7-26-16)12-17-6-4-8-27-17/h3-8,14-15H,2,9-13H2,1H3,(H,20,25)(H,23,24). The average Bonchev–Trinajstić information content (AvgIpc) is 3.29. The van der Waals surface area contributed by atoms with Gasteiger partial charge in [0.15, 0.2) is 0 Å². The quantitative estimate of drug-likeness (QED) is 0.699. The first kappa shape index (κ1) is 19.0. The van der Waals surface area contributed by atoms with E-state index in [1.54, 1.807) is 29.6 Å². The van der Waals surface area contributed by atoms with Crippen LogP contribution in [0.5, 0.6) is 0 Å². The molecule has 0 radical (unpaired) electrons. The van der Waals surface area contributed by atoms with Crippen LogP contribution in [0.1, 0.15) is 31.3 Å². The van der Waals surface area contributed by atoms with Gasteiger partial charge in [-0.15, -0.1) is 0 Å². The summed E-state index contributed by atoms with van der Waals surface area (Å²) in [6.07, 6.45) is 4.66. The van der Waals surface area contributed by atoms with E-state index in [9.17, 15) is 9.59 Å². The van der Waals surface area contributed by atoms with Crippen LogP contribution in [0.3, 0.4) is 0 Å². The predicted octanol–water partition coefficient (Wildman–Crippen LogP) is 2.52. The number of amides is 2. The number of carboxylic acid groups (broad SMARTS) is 1. The zero-order valence-electron chi connectivity index (χ0n) is 15.3. The molecule has 1 fully saturated rings. The van der Waals surface area contributed by atoms with Gasteiger partial charge < -0.3 is 24.2 Å². The molecule has 146 valence electrons. The Kier molecular flexibility index (Phi) is 6.18. The van der Waals surface area contributed by atoms with Crippen molar-refractivity contribution in [2.75, 3.05) is 13.1 Å². The maximum Gasteiger partial charge on any atom is 0.318 e. The zero-order chi connectivity index (χ0) is 19.2. The number of carbonyl (C=O) groups is 2. The Balaban J connectivity index is 1.54. The number of aliphatic carboxylic acids is 1. The topological polar surface area (TPSA) is 99.2 Å². The highest BCUT2D eigenvalue weighted by Gasteiger charge is 2.35. The molecular formula is C19H25N3O5. The number of hydrogen-bond acceptors (Lipinski definition) is 5. The van der Waals surface area contributed by atoms with E-state index in [4.69, 9.17) is 13.9 Å². The molecule has 8 nitrogen and oxygen atoms in total. The normalized spacial score (nSPS) is 18.9. The van der Waals surface area contributed by atoms with Crippen molar-refractivity contribution in [2.24, 2.45) is 0 Å². The van der Waals surface area contributed by atoms with Gasteiger partial charge in [0.25, 0.3) is 0 Å². The Hall–Kier alpha value is -2.74. The second kappa shape index (κ2) is 8.77. The summed E-state index contributed by atoms with van der Waals surface area (Å²) >= 11 is 0. The number of nitrogens with zero attached hydrogens (tertiary/aromatic N) is 2. The Morgan fingerprint density at radius 2 is 1.74 bits per heavy atom. The second-order valence-corrected chi connectivity index (χ2v) is 6.74. The average molecular weight is 375 g/mol. The first-order chi connectivity index (χ1) is 13.0. The molecule has 2 amide bonds. The van der Waals surface area contributed by atoms with Gasteiger partial charge in [0.05, 0.1) is 32.2 Å². The van der Waals surface area contributed by atoms with E-state index in [1.807, 2.05) is 24.0 Å². The van der Waals surface area contributed by atoms with Gasteiger partial charge in [0.2, 0.25) is 0 Å². The van der Waals surface area contributed by atoms with E-state index in [0.29, 0.717) is 31.2 Å². The molecular weight excluding hydrogens is 350 g/mol. The minimum atomic E-state index is -0.826. The fourth-order valence-electron chi connectivity index (χ4n) is 3.32. The largest absolute Gasteiger partial charge is 0.480 e. The van der Waals surface area contributed by atoms with E-state index in [-0.39, 0.29) is 24.7 Å². The summed E-state index contributed by atoms with van der Waals surface area (Å²) in [5.74, 6) is 0.566. The molecule has 0 aromatic carbocycles. The molecule has 0 unspecified atom stereocenters. The number of hydrogen-bond donors (Lipinski definition) is 2. The van der Waals surface area contributed by atoms with Crippen LogP contribution in [0.2, 0.25) is 0 Å². The molecule has 8 heteroatoms. The van der Waals surface area contributed by atoms with Gasteiger partial charge in [-0.3, -0.25) is 9.69 Å². The number of furan rings is 2. The van der Waals surface area contributed by atoms with Crippen LogP contribution >= 0.6 is 0 Å². The summed E-state index contributed by atoms with van der Waals surface area (Å²) in [5, 5.41) is 12.0. The van der Waals surface area contributed by atoms with E-state index in [2.05, 4.69) is 5.32 Å². The molecule has 2 N–H and O–H groups in total. The van der Waals surface area contributed by atoms with Crippen molar-refractivity contribution in [3.05, 3.63) is 48.3 Å². The van der Waals surface area contributed by atoms with E-state index >= 15 is 0 Å². The number of rotatable bonds is 9. The van der Waals surface area contributed by atoms with Crippen LogP contribution in [-0.4, -0.2) is 52.1 Å². The number of likely N-dealkylation sites (N-methyl/N-ethyl adjacent to an activating group) is 1. The van der Waals surface area contributed by atoms with Crippen molar-refractivity contribution < 1.29 is 23.5 Å². The van der Waals surface area contributed by atoms with Crippen LogP contribution < -0.4 is 5.32 Å². The third kappa shape index (κ3) is 5.13. The van der Waals surface area contributed by atoms with Gasteiger partial charge in [0.1, 0.15) is 11.5 Å². The minimum absolute atomic E-state index is 0.0327. The number of carbonyl (C=O) groups excluding carboxylic acids is 1. The number of carboxylic acids is 1. The van der Waals surface area contributed by atoms with Crippen molar-refractivity contribution in [1.82, 2.24) is 15.1 Å². The van der Waals surface area contributed by atoms with Crippen LogP contribution in [0.4, 0.5) is 4.79 Å². The van der Waals surface area contributed by atoms with Gasteiger partial charge in [-0.2, -0.15) is 0 Å². The lowest BCUT2D eigenvalue weighted by Crippen LogP contribution is -2.56. The molecule has 2 aromatic rings. The molecule has 0 atom stereocenters. The molecule has 1 aliphatic rings. The molecule has 0 spiro atoms. The fraction of sp³-hybridized carbons (Fsp3) is 0.474. The summed E-state index contributed by atoms with van der Waals surface area (Å²) < 4.78 is 10.7. The molecule has 2 aromatic heterocycles. The summed E-state index contributed by atoms with van der Waals surface area (Å²) in [4.78, 5) is 27.2. The van der Waals surface area contributed by atoms with Gasteiger partial charge in [0, 0.05) is 12.1 Å². The molecule has 2 heterocycles. The molecule has 0 bridgehead atoms. The molecule has 0 saturated heterocycles. The zero-order valence-corrected chi connectivity index (χ0v) is 15.3. The van der Waals surface area contributed by atoms with Crippen molar-refractivity contribution in [3.8, 4) is 0 Å². The third-order valence-corrected chi connectivity index (χ3v) is 4.84. The summed E-state index contributed by atoms with van der Waals surface area (Å²) in [6.45, 7) is 3.35. The van der Waals surface area contributed by atoms with Crippen LogP contribution in [0.25, 0.3) is 0 Å². The lowest BCUT2D eigenvalue weighted by atomic mass is 9.85. The number of urea groups is 1. The Morgan fingerprint density at radius 3 is 2.19 bits per heavy atom. The smallest absolute Gasteiger partial charge is 0.318 e. The monoisotopic (exact) mass is 375 g/mol. The van der Waals surface area contributed by atoms with Gasteiger partial charge in [-0.05, 0) is 43.7 Å². The third-order valence-electron chi connectivity index (χ3n) is 4.84. The molecule has 1 aliphatic carbocycles. The van der Waals surface area contributed by atoms with Crippen LogP contribution in [0, 0.1) is 0 Å².